The van der Waals surface area contributed by atoms with Gasteiger partial charge in [-0.25, -0.2) is 8.78 Å². The molecule has 1 amide bonds. The fourth-order valence-electron chi connectivity index (χ4n) is 4.41. The van der Waals surface area contributed by atoms with Gasteiger partial charge in [0.1, 0.15) is 11.6 Å². The molecule has 2 aromatic carbocycles. The number of carbonyl (C=O) groups is 1. The number of hydrogen-bond donors (Lipinski definition) is 3. The van der Waals surface area contributed by atoms with Gasteiger partial charge < -0.3 is 15.7 Å². The van der Waals surface area contributed by atoms with Crippen molar-refractivity contribution in [1.29, 1.82) is 0 Å². The molecule has 7 heteroatoms. The van der Waals surface area contributed by atoms with Crippen LogP contribution in [-0.2, 0) is 32.2 Å². The van der Waals surface area contributed by atoms with E-state index in [0.717, 1.165) is 37.3 Å². The Hall–Kier alpha value is -2.61. The van der Waals surface area contributed by atoms with Gasteiger partial charge in [-0.05, 0) is 72.6 Å². The second-order valence-electron chi connectivity index (χ2n) is 8.85. The minimum absolute atomic E-state index is 0.111. The van der Waals surface area contributed by atoms with E-state index in [0.29, 0.717) is 17.0 Å². The monoisotopic (exact) mass is 484 g/mol. The first kappa shape index (κ1) is 24.5. The molecule has 34 heavy (non-hydrogen) atoms. The minimum Gasteiger partial charge on any atom is -0.390 e. The van der Waals surface area contributed by atoms with Crippen molar-refractivity contribution in [3.8, 4) is 0 Å². The van der Waals surface area contributed by atoms with Gasteiger partial charge in [-0.1, -0.05) is 31.2 Å². The molecule has 0 radical (unpaired) electrons. The molecule has 1 heterocycles. The lowest BCUT2D eigenvalue weighted by atomic mass is 10.00. The number of benzene rings is 2. The van der Waals surface area contributed by atoms with E-state index < -0.39 is 23.8 Å². The van der Waals surface area contributed by atoms with Gasteiger partial charge in [0.05, 0.1) is 17.0 Å². The number of nitrogens with one attached hydrogen (secondary N) is 2. The Morgan fingerprint density at radius 1 is 1.06 bits per heavy atom. The average Bonchev–Trinajstić information content (AvgIpc) is 3.40. The standard InChI is InChI=1S/C27H30F2N2O2S/c1-2-17-5-3-6-18(9-17)15-30-16-24(32)23(12-19-10-21(28)14-22(29)11-19)31-27(33)26-13-20-7-4-8-25(20)34-26/h3,5-6,9-11,13-14,23-24,30,32H,2,4,7-8,12,15-16H2,1H3,(H,31,33)/t23-,24-/m0/s1. The van der Waals surface area contributed by atoms with E-state index in [1.54, 1.807) is 0 Å². The Kier molecular flexibility index (Phi) is 8.08. The SMILES string of the molecule is CCc1cccc(CNC[C@H](O)[C@H](Cc2cc(F)cc(F)c2)NC(=O)c2cc3c(s2)CCC3)c1. The minimum atomic E-state index is -0.948. The molecule has 180 valence electrons. The lowest BCUT2D eigenvalue weighted by Gasteiger charge is -2.25. The van der Waals surface area contributed by atoms with Gasteiger partial charge in [0, 0.05) is 24.0 Å². The fraction of sp³-hybridized carbons (Fsp3) is 0.370. The number of rotatable bonds is 10. The summed E-state index contributed by atoms with van der Waals surface area (Å²) in [7, 11) is 0. The van der Waals surface area contributed by atoms with Crippen molar-refractivity contribution in [2.24, 2.45) is 0 Å². The molecule has 0 saturated heterocycles. The number of aryl methyl sites for hydroxylation is 3. The van der Waals surface area contributed by atoms with Crippen molar-refractivity contribution in [2.75, 3.05) is 6.54 Å². The quantitative estimate of drug-likeness (QED) is 0.395. The molecule has 1 aromatic heterocycles. The van der Waals surface area contributed by atoms with Crippen LogP contribution in [0.3, 0.4) is 0 Å². The molecule has 1 aliphatic rings. The third-order valence-corrected chi connectivity index (χ3v) is 7.45. The summed E-state index contributed by atoms with van der Waals surface area (Å²) in [5, 5.41) is 17.1. The van der Waals surface area contributed by atoms with Gasteiger partial charge in [0.2, 0.25) is 0 Å². The van der Waals surface area contributed by atoms with Crippen molar-refractivity contribution in [3.63, 3.8) is 0 Å². The van der Waals surface area contributed by atoms with Crippen LogP contribution in [0.25, 0.3) is 0 Å². The molecule has 0 saturated carbocycles. The van der Waals surface area contributed by atoms with Crippen LogP contribution in [0.15, 0.2) is 48.5 Å². The molecule has 4 rings (SSSR count). The van der Waals surface area contributed by atoms with E-state index >= 15 is 0 Å². The number of amides is 1. The van der Waals surface area contributed by atoms with Crippen LogP contribution < -0.4 is 10.6 Å². The first-order valence-electron chi connectivity index (χ1n) is 11.7. The smallest absolute Gasteiger partial charge is 0.261 e. The maximum Gasteiger partial charge on any atom is 0.261 e. The van der Waals surface area contributed by atoms with Gasteiger partial charge >= 0.3 is 0 Å². The highest BCUT2D eigenvalue weighted by atomic mass is 32.1. The predicted octanol–water partition coefficient (Wildman–Crippen LogP) is 4.57. The van der Waals surface area contributed by atoms with Crippen molar-refractivity contribution >= 4 is 17.2 Å². The summed E-state index contributed by atoms with van der Waals surface area (Å²) < 4.78 is 27.5. The van der Waals surface area contributed by atoms with Gasteiger partial charge in [-0.3, -0.25) is 4.79 Å². The van der Waals surface area contributed by atoms with E-state index in [4.69, 9.17) is 0 Å². The number of hydrogen-bond acceptors (Lipinski definition) is 4. The molecule has 3 N–H and O–H groups in total. The van der Waals surface area contributed by atoms with E-state index in [-0.39, 0.29) is 18.9 Å². The van der Waals surface area contributed by atoms with Gasteiger partial charge in [-0.15, -0.1) is 11.3 Å². The van der Waals surface area contributed by atoms with Crippen LogP contribution >= 0.6 is 11.3 Å². The molecular weight excluding hydrogens is 454 g/mol. The zero-order valence-corrected chi connectivity index (χ0v) is 20.1. The summed E-state index contributed by atoms with van der Waals surface area (Å²) in [4.78, 5) is 14.8. The Morgan fingerprint density at radius 2 is 1.82 bits per heavy atom. The van der Waals surface area contributed by atoms with Crippen LogP contribution in [0.2, 0.25) is 0 Å². The van der Waals surface area contributed by atoms with Crippen molar-refractivity contribution in [2.45, 2.75) is 57.7 Å². The Balaban J connectivity index is 1.44. The molecular formula is C27H30F2N2O2S. The lowest BCUT2D eigenvalue weighted by Crippen LogP contribution is -2.48. The summed E-state index contributed by atoms with van der Waals surface area (Å²) in [6.07, 6.45) is 3.20. The number of carbonyl (C=O) groups excluding carboxylic acids is 1. The van der Waals surface area contributed by atoms with Crippen molar-refractivity contribution < 1.29 is 18.7 Å². The van der Waals surface area contributed by atoms with E-state index in [1.807, 2.05) is 18.2 Å². The largest absolute Gasteiger partial charge is 0.390 e. The molecule has 0 fully saturated rings. The van der Waals surface area contributed by atoms with E-state index in [9.17, 15) is 18.7 Å². The summed E-state index contributed by atoms with van der Waals surface area (Å²) in [6, 6.07) is 12.7. The second-order valence-corrected chi connectivity index (χ2v) is 9.98. The normalized spacial score (nSPS) is 14.6. The van der Waals surface area contributed by atoms with E-state index in [2.05, 4.69) is 29.7 Å². The molecule has 0 spiro atoms. The average molecular weight is 485 g/mol. The third kappa shape index (κ3) is 6.29. The van der Waals surface area contributed by atoms with Crippen molar-refractivity contribution in [1.82, 2.24) is 10.6 Å². The second kappa shape index (κ2) is 11.2. The first-order chi connectivity index (χ1) is 16.4. The Bertz CT molecular complexity index is 1110. The number of aliphatic hydroxyl groups excluding tert-OH is 1. The highest BCUT2D eigenvalue weighted by molar-refractivity contribution is 7.14. The number of fused-ring (bicyclic) bond motifs is 1. The van der Waals surface area contributed by atoms with Crippen LogP contribution in [0, 0.1) is 11.6 Å². The lowest BCUT2D eigenvalue weighted by molar-refractivity contribution is 0.0833. The zero-order valence-electron chi connectivity index (χ0n) is 19.2. The maximum atomic E-state index is 13.8. The summed E-state index contributed by atoms with van der Waals surface area (Å²) in [6.45, 7) is 2.89. The summed E-state index contributed by atoms with van der Waals surface area (Å²) in [5.74, 6) is -1.63. The highest BCUT2D eigenvalue weighted by Crippen LogP contribution is 2.30. The molecule has 0 unspecified atom stereocenters. The summed E-state index contributed by atoms with van der Waals surface area (Å²) >= 11 is 1.48. The van der Waals surface area contributed by atoms with Crippen LogP contribution in [0.1, 0.15) is 50.1 Å². The van der Waals surface area contributed by atoms with E-state index in [1.165, 1.54) is 39.5 Å². The van der Waals surface area contributed by atoms with Crippen LogP contribution in [-0.4, -0.2) is 29.7 Å². The Morgan fingerprint density at radius 3 is 2.56 bits per heavy atom. The molecule has 2 atom stereocenters. The molecule has 1 aliphatic carbocycles. The fourth-order valence-corrected chi connectivity index (χ4v) is 5.57. The molecule has 3 aromatic rings. The van der Waals surface area contributed by atoms with Gasteiger partial charge in [0.25, 0.3) is 5.91 Å². The Labute approximate surface area is 203 Å². The summed E-state index contributed by atoms with van der Waals surface area (Å²) in [5.41, 5.74) is 3.94. The molecule has 0 bridgehead atoms. The molecule has 4 nitrogen and oxygen atoms in total. The first-order valence-corrected chi connectivity index (χ1v) is 12.6. The van der Waals surface area contributed by atoms with Crippen LogP contribution in [0.5, 0.6) is 0 Å². The molecule has 0 aliphatic heterocycles. The third-order valence-electron chi connectivity index (χ3n) is 6.21. The maximum absolute atomic E-state index is 13.8. The van der Waals surface area contributed by atoms with Gasteiger partial charge in [-0.2, -0.15) is 0 Å². The zero-order chi connectivity index (χ0) is 24.1. The highest BCUT2D eigenvalue weighted by Gasteiger charge is 2.25. The van der Waals surface area contributed by atoms with Gasteiger partial charge in [0.15, 0.2) is 0 Å². The number of thiophene rings is 1. The van der Waals surface area contributed by atoms with Crippen molar-refractivity contribution in [3.05, 3.63) is 92.2 Å². The number of halogens is 2. The number of aliphatic hydroxyl groups is 1. The topological polar surface area (TPSA) is 61.4 Å². The predicted molar refractivity (Wildman–Crippen MR) is 131 cm³/mol. The van der Waals surface area contributed by atoms with Crippen LogP contribution in [0.4, 0.5) is 8.78 Å².